The Hall–Kier alpha value is -2.32. The second kappa shape index (κ2) is 5.98. The molecule has 0 spiro atoms. The number of carboxylic acid groups (broad SMARTS) is 1. The van der Waals surface area contributed by atoms with Crippen LogP contribution < -0.4 is 0 Å². The van der Waals surface area contributed by atoms with Crippen molar-refractivity contribution in [1.82, 2.24) is 9.47 Å². The van der Waals surface area contributed by atoms with Crippen LogP contribution >= 0.6 is 0 Å². The van der Waals surface area contributed by atoms with Crippen LogP contribution in [-0.4, -0.2) is 51.5 Å². The number of aliphatic carboxylic acids is 1. The number of carboxylic acids is 1. The zero-order valence-electron chi connectivity index (χ0n) is 11.3. The highest BCUT2D eigenvalue weighted by atomic mass is 19.4. The van der Waals surface area contributed by atoms with E-state index in [0.29, 0.717) is 0 Å². The fourth-order valence-electron chi connectivity index (χ4n) is 1.71. The van der Waals surface area contributed by atoms with Crippen molar-refractivity contribution in [1.29, 1.82) is 0 Å². The normalized spacial score (nSPS) is 11.3. The highest BCUT2D eigenvalue weighted by molar-refractivity contribution is 6.00. The van der Waals surface area contributed by atoms with Gasteiger partial charge in [-0.3, -0.25) is 14.4 Å². The number of nitrogens with zero attached hydrogens (tertiary/aromatic N) is 2. The Labute approximate surface area is 117 Å². The first kappa shape index (κ1) is 16.7. The molecule has 0 aliphatic carbocycles. The number of Topliss-reactive ketones (excluding diaryl/α,β-unsaturated/α-hetero) is 1. The largest absolute Gasteiger partial charge is 0.480 e. The first-order chi connectivity index (χ1) is 9.51. The third-order valence-electron chi connectivity index (χ3n) is 2.61. The van der Waals surface area contributed by atoms with Crippen LogP contribution in [-0.2, 0) is 11.8 Å². The number of hydrogen-bond acceptors (Lipinski definition) is 3. The smallest absolute Gasteiger partial charge is 0.406 e. The molecule has 0 radical (unpaired) electrons. The van der Waals surface area contributed by atoms with Crippen molar-refractivity contribution < 1.29 is 32.7 Å². The molecule has 0 aliphatic rings. The van der Waals surface area contributed by atoms with Crippen LogP contribution in [0.2, 0.25) is 0 Å². The molecule has 9 heteroatoms. The van der Waals surface area contributed by atoms with Gasteiger partial charge in [0.25, 0.3) is 5.91 Å². The Bertz CT molecular complexity index is 578. The van der Waals surface area contributed by atoms with E-state index >= 15 is 0 Å². The summed E-state index contributed by atoms with van der Waals surface area (Å²) in [7, 11) is 1.38. The summed E-state index contributed by atoms with van der Waals surface area (Å²) in [6, 6.07) is 1.13. The molecule has 0 saturated heterocycles. The fourth-order valence-corrected chi connectivity index (χ4v) is 1.71. The molecule has 0 aliphatic heterocycles. The maximum Gasteiger partial charge on any atom is 0.406 e. The molecular weight excluding hydrogens is 293 g/mol. The van der Waals surface area contributed by atoms with Gasteiger partial charge < -0.3 is 14.6 Å². The van der Waals surface area contributed by atoms with Crippen LogP contribution in [0.4, 0.5) is 13.2 Å². The van der Waals surface area contributed by atoms with E-state index in [2.05, 4.69) is 0 Å². The molecule has 0 fully saturated rings. The molecule has 21 heavy (non-hydrogen) atoms. The molecular formula is C12H13F3N2O4. The lowest BCUT2D eigenvalue weighted by molar-refractivity contribution is -0.149. The van der Waals surface area contributed by atoms with Gasteiger partial charge in [0.15, 0.2) is 5.78 Å². The lowest BCUT2D eigenvalue weighted by Gasteiger charge is -2.22. The van der Waals surface area contributed by atoms with Crippen molar-refractivity contribution in [2.45, 2.75) is 13.1 Å². The van der Waals surface area contributed by atoms with Crippen molar-refractivity contribution in [3.63, 3.8) is 0 Å². The molecule has 0 aromatic carbocycles. The number of hydrogen-bond donors (Lipinski definition) is 1. The summed E-state index contributed by atoms with van der Waals surface area (Å²) in [5, 5.41) is 8.62. The average Bonchev–Trinajstić information content (AvgIpc) is 2.67. The van der Waals surface area contributed by atoms with Gasteiger partial charge in [0.1, 0.15) is 18.8 Å². The second-order valence-corrected chi connectivity index (χ2v) is 4.45. The van der Waals surface area contributed by atoms with Gasteiger partial charge in [-0.25, -0.2) is 0 Å². The Kier molecular flexibility index (Phi) is 4.77. The summed E-state index contributed by atoms with van der Waals surface area (Å²) in [6.45, 7) is -1.52. The standard InChI is InChI=1S/C12H13F3N2O4/c1-7(18)8-3-9(16(2)4-8)11(21)17(5-10(19)20)6-12(13,14)15/h3-4H,5-6H2,1-2H3,(H,19,20). The maximum atomic E-state index is 12.4. The van der Waals surface area contributed by atoms with Gasteiger partial charge in [0, 0.05) is 18.8 Å². The van der Waals surface area contributed by atoms with Crippen LogP contribution in [0.3, 0.4) is 0 Å². The minimum absolute atomic E-state index is 0.156. The van der Waals surface area contributed by atoms with Crippen LogP contribution in [0.25, 0.3) is 0 Å². The molecule has 1 N–H and O–H groups in total. The lowest BCUT2D eigenvalue weighted by atomic mass is 10.2. The fraction of sp³-hybridized carbons (Fsp3) is 0.417. The lowest BCUT2D eigenvalue weighted by Crippen LogP contribution is -2.42. The number of aryl methyl sites for hydroxylation is 1. The van der Waals surface area contributed by atoms with Gasteiger partial charge >= 0.3 is 12.1 Å². The summed E-state index contributed by atoms with van der Waals surface area (Å²) in [5.41, 5.74) is -0.0335. The topological polar surface area (TPSA) is 79.6 Å². The molecule has 1 amide bonds. The number of carbonyl (C=O) groups excluding carboxylic acids is 2. The number of aromatic nitrogens is 1. The molecule has 1 rings (SSSR count). The van der Waals surface area contributed by atoms with Crippen LogP contribution in [0.5, 0.6) is 0 Å². The van der Waals surface area contributed by atoms with Crippen LogP contribution in [0.1, 0.15) is 27.8 Å². The van der Waals surface area contributed by atoms with Crippen molar-refractivity contribution in [3.05, 3.63) is 23.5 Å². The van der Waals surface area contributed by atoms with E-state index in [9.17, 15) is 27.6 Å². The van der Waals surface area contributed by atoms with Crippen molar-refractivity contribution in [3.8, 4) is 0 Å². The van der Waals surface area contributed by atoms with Gasteiger partial charge in [-0.1, -0.05) is 0 Å². The van der Waals surface area contributed by atoms with E-state index in [0.717, 1.165) is 6.07 Å². The summed E-state index contributed by atoms with van der Waals surface area (Å²) in [5.74, 6) is -3.02. The minimum atomic E-state index is -4.72. The second-order valence-electron chi connectivity index (χ2n) is 4.45. The molecule has 0 bridgehead atoms. The summed E-state index contributed by atoms with van der Waals surface area (Å²) in [6.07, 6.45) is -3.43. The number of ketones is 1. The summed E-state index contributed by atoms with van der Waals surface area (Å²) >= 11 is 0. The van der Waals surface area contributed by atoms with E-state index in [4.69, 9.17) is 5.11 Å². The molecule has 0 atom stereocenters. The number of alkyl halides is 3. The Morgan fingerprint density at radius 2 is 1.90 bits per heavy atom. The zero-order valence-corrected chi connectivity index (χ0v) is 11.3. The van der Waals surface area contributed by atoms with Gasteiger partial charge in [-0.2, -0.15) is 13.2 Å². The van der Waals surface area contributed by atoms with Crippen LogP contribution in [0, 0.1) is 0 Å². The molecule has 6 nitrogen and oxygen atoms in total. The zero-order chi connectivity index (χ0) is 16.4. The van der Waals surface area contributed by atoms with Gasteiger partial charge in [-0.15, -0.1) is 0 Å². The first-order valence-corrected chi connectivity index (χ1v) is 5.76. The molecule has 116 valence electrons. The van der Waals surface area contributed by atoms with Crippen LogP contribution in [0.15, 0.2) is 12.3 Å². The molecule has 1 heterocycles. The number of carbonyl (C=O) groups is 3. The monoisotopic (exact) mass is 306 g/mol. The van der Waals surface area contributed by atoms with E-state index in [1.54, 1.807) is 0 Å². The SMILES string of the molecule is CC(=O)c1cc(C(=O)N(CC(=O)O)CC(F)(F)F)n(C)c1. The van der Waals surface area contributed by atoms with Crippen molar-refractivity contribution in [2.24, 2.45) is 7.05 Å². The van der Waals surface area contributed by atoms with E-state index in [-0.39, 0.29) is 21.9 Å². The molecule has 0 saturated carbocycles. The summed E-state index contributed by atoms with van der Waals surface area (Å²) < 4.78 is 38.4. The van der Waals surface area contributed by atoms with Crippen molar-refractivity contribution >= 4 is 17.7 Å². The molecule has 0 unspecified atom stereocenters. The third kappa shape index (κ3) is 4.62. The predicted octanol–water partition coefficient (Wildman–Crippen LogP) is 1.32. The minimum Gasteiger partial charge on any atom is -0.480 e. The number of halogens is 3. The number of rotatable bonds is 5. The third-order valence-corrected chi connectivity index (χ3v) is 2.61. The average molecular weight is 306 g/mol. The quantitative estimate of drug-likeness (QED) is 0.832. The first-order valence-electron chi connectivity index (χ1n) is 5.76. The maximum absolute atomic E-state index is 12.4. The Morgan fingerprint density at radius 1 is 1.33 bits per heavy atom. The van der Waals surface area contributed by atoms with E-state index < -0.39 is 31.1 Å². The molecule has 1 aromatic rings. The number of amides is 1. The predicted molar refractivity (Wildman–Crippen MR) is 65.0 cm³/mol. The Morgan fingerprint density at radius 3 is 2.29 bits per heavy atom. The Balaban J connectivity index is 3.10. The highest BCUT2D eigenvalue weighted by Gasteiger charge is 2.35. The highest BCUT2D eigenvalue weighted by Crippen LogP contribution is 2.19. The van der Waals surface area contributed by atoms with Gasteiger partial charge in [0.2, 0.25) is 0 Å². The van der Waals surface area contributed by atoms with E-state index in [1.807, 2.05) is 0 Å². The van der Waals surface area contributed by atoms with Crippen molar-refractivity contribution in [2.75, 3.05) is 13.1 Å². The summed E-state index contributed by atoms with van der Waals surface area (Å²) in [4.78, 5) is 34.0. The van der Waals surface area contributed by atoms with Gasteiger partial charge in [-0.05, 0) is 13.0 Å². The van der Waals surface area contributed by atoms with E-state index in [1.165, 1.54) is 24.7 Å². The molecule has 1 aromatic heterocycles. The van der Waals surface area contributed by atoms with Gasteiger partial charge in [0.05, 0.1) is 0 Å².